The summed E-state index contributed by atoms with van der Waals surface area (Å²) in [6, 6.07) is 18.0. The molecule has 6 nitrogen and oxygen atoms in total. The van der Waals surface area contributed by atoms with E-state index in [0.717, 1.165) is 23.3 Å². The Kier molecular flexibility index (Phi) is 6.09. The lowest BCUT2D eigenvalue weighted by molar-refractivity contribution is -0.148. The fourth-order valence-corrected chi connectivity index (χ4v) is 3.32. The van der Waals surface area contributed by atoms with Crippen LogP contribution in [-0.2, 0) is 26.3 Å². The minimum atomic E-state index is -1.25. The van der Waals surface area contributed by atoms with E-state index in [-0.39, 0.29) is 6.61 Å². The molecule has 3 amide bonds. The van der Waals surface area contributed by atoms with Gasteiger partial charge in [-0.15, -0.1) is 0 Å². The second kappa shape index (κ2) is 8.69. The number of imide groups is 1. The highest BCUT2D eigenvalue weighted by Crippen LogP contribution is 2.32. The fourth-order valence-electron chi connectivity index (χ4n) is 3.32. The van der Waals surface area contributed by atoms with Gasteiger partial charge in [0.1, 0.15) is 6.54 Å². The Morgan fingerprint density at radius 2 is 1.68 bits per heavy atom. The van der Waals surface area contributed by atoms with Gasteiger partial charge < -0.3 is 10.1 Å². The Morgan fingerprint density at radius 1 is 1.04 bits per heavy atom. The van der Waals surface area contributed by atoms with Crippen LogP contribution in [0.4, 0.5) is 4.79 Å². The second-order valence-electron chi connectivity index (χ2n) is 6.83. The molecule has 2 aromatic carbocycles. The molecule has 0 unspecified atom stereocenters. The van der Waals surface area contributed by atoms with Crippen molar-refractivity contribution in [3.05, 3.63) is 71.8 Å². The van der Waals surface area contributed by atoms with Gasteiger partial charge >= 0.3 is 12.0 Å². The first-order valence-electron chi connectivity index (χ1n) is 9.46. The quantitative estimate of drug-likeness (QED) is 0.434. The number of carbonyl (C=O) groups is 3. The number of urea groups is 1. The standard InChI is InChI=1S/C22H24N2O4/c1-2-3-14-28-19(25)16-24-20(26)22(23-21(24)27,18-12-8-5-9-13-18)15-17-10-6-4-7-11-17/h4-13H,2-3,14-16H2,1H3,(H,23,27)/t22-/m0/s1. The highest BCUT2D eigenvalue weighted by Gasteiger charge is 2.52. The maximum atomic E-state index is 13.3. The maximum absolute atomic E-state index is 13.3. The van der Waals surface area contributed by atoms with Crippen LogP contribution in [0.5, 0.6) is 0 Å². The van der Waals surface area contributed by atoms with Crippen LogP contribution in [0.2, 0.25) is 0 Å². The number of amides is 3. The minimum Gasteiger partial charge on any atom is -0.464 e. The first-order chi connectivity index (χ1) is 13.6. The maximum Gasteiger partial charge on any atom is 0.326 e. The summed E-state index contributed by atoms with van der Waals surface area (Å²) in [5.74, 6) is -1.03. The second-order valence-corrected chi connectivity index (χ2v) is 6.83. The highest BCUT2D eigenvalue weighted by molar-refractivity contribution is 6.09. The van der Waals surface area contributed by atoms with Gasteiger partial charge in [0.2, 0.25) is 0 Å². The molecule has 1 fully saturated rings. The van der Waals surface area contributed by atoms with Crippen molar-refractivity contribution in [2.24, 2.45) is 0 Å². The van der Waals surface area contributed by atoms with E-state index in [2.05, 4.69) is 5.32 Å². The summed E-state index contributed by atoms with van der Waals surface area (Å²) in [5, 5.41) is 2.83. The van der Waals surface area contributed by atoms with E-state index in [1.807, 2.05) is 67.6 Å². The molecule has 1 N–H and O–H groups in total. The largest absolute Gasteiger partial charge is 0.464 e. The number of hydrogen-bond acceptors (Lipinski definition) is 4. The topological polar surface area (TPSA) is 75.7 Å². The third-order valence-corrected chi connectivity index (χ3v) is 4.80. The number of esters is 1. The fraction of sp³-hybridized carbons (Fsp3) is 0.318. The van der Waals surface area contributed by atoms with Gasteiger partial charge in [-0.05, 0) is 17.5 Å². The molecule has 0 aliphatic carbocycles. The van der Waals surface area contributed by atoms with Gasteiger partial charge in [0.15, 0.2) is 5.54 Å². The molecule has 28 heavy (non-hydrogen) atoms. The highest BCUT2D eigenvalue weighted by atomic mass is 16.5. The molecule has 1 aliphatic heterocycles. The van der Waals surface area contributed by atoms with Crippen LogP contribution >= 0.6 is 0 Å². The number of benzene rings is 2. The van der Waals surface area contributed by atoms with E-state index in [1.54, 1.807) is 0 Å². The van der Waals surface area contributed by atoms with Crippen molar-refractivity contribution in [2.75, 3.05) is 13.2 Å². The number of ether oxygens (including phenoxy) is 1. The predicted molar refractivity (Wildman–Crippen MR) is 104 cm³/mol. The Labute approximate surface area is 164 Å². The smallest absolute Gasteiger partial charge is 0.326 e. The van der Waals surface area contributed by atoms with Crippen LogP contribution < -0.4 is 5.32 Å². The van der Waals surface area contributed by atoms with Crippen molar-refractivity contribution in [1.29, 1.82) is 0 Å². The Morgan fingerprint density at radius 3 is 2.32 bits per heavy atom. The minimum absolute atomic E-state index is 0.285. The molecule has 146 valence electrons. The first kappa shape index (κ1) is 19.6. The lowest BCUT2D eigenvalue weighted by atomic mass is 9.83. The molecule has 6 heteroatoms. The molecule has 1 atom stereocenters. The number of rotatable bonds is 8. The van der Waals surface area contributed by atoms with Crippen molar-refractivity contribution in [3.8, 4) is 0 Å². The summed E-state index contributed by atoms with van der Waals surface area (Å²) in [6.07, 6.45) is 1.93. The van der Waals surface area contributed by atoms with E-state index in [4.69, 9.17) is 4.74 Å². The predicted octanol–water partition coefficient (Wildman–Crippen LogP) is 3.02. The van der Waals surface area contributed by atoms with E-state index in [1.165, 1.54) is 0 Å². The van der Waals surface area contributed by atoms with E-state index >= 15 is 0 Å². The molecular formula is C22H24N2O4. The van der Waals surface area contributed by atoms with Gasteiger partial charge in [0.05, 0.1) is 6.61 Å². The molecule has 0 aromatic heterocycles. The zero-order valence-electron chi connectivity index (χ0n) is 15.9. The number of nitrogens with one attached hydrogen (secondary N) is 1. The Hall–Kier alpha value is -3.15. The summed E-state index contributed by atoms with van der Waals surface area (Å²) in [5.41, 5.74) is 0.343. The third kappa shape index (κ3) is 4.06. The van der Waals surface area contributed by atoms with Crippen LogP contribution in [0.3, 0.4) is 0 Å². The Balaban J connectivity index is 1.87. The van der Waals surface area contributed by atoms with E-state index < -0.39 is 30.0 Å². The lowest BCUT2D eigenvalue weighted by Gasteiger charge is -2.27. The average molecular weight is 380 g/mol. The van der Waals surface area contributed by atoms with Crippen LogP contribution in [0.25, 0.3) is 0 Å². The molecule has 1 heterocycles. The zero-order chi connectivity index (χ0) is 20.0. The van der Waals surface area contributed by atoms with E-state index in [0.29, 0.717) is 12.0 Å². The summed E-state index contributed by atoms with van der Waals surface area (Å²) in [6.45, 7) is 1.88. The molecule has 1 aliphatic rings. The van der Waals surface area contributed by atoms with Crippen molar-refractivity contribution in [1.82, 2.24) is 10.2 Å². The zero-order valence-corrected chi connectivity index (χ0v) is 15.9. The van der Waals surface area contributed by atoms with Crippen molar-refractivity contribution in [2.45, 2.75) is 31.7 Å². The van der Waals surface area contributed by atoms with Crippen LogP contribution in [0.1, 0.15) is 30.9 Å². The van der Waals surface area contributed by atoms with Gasteiger partial charge in [0.25, 0.3) is 5.91 Å². The van der Waals surface area contributed by atoms with Gasteiger partial charge in [-0.25, -0.2) is 4.79 Å². The summed E-state index contributed by atoms with van der Waals surface area (Å²) in [4.78, 5) is 39.0. The van der Waals surface area contributed by atoms with Gasteiger partial charge in [-0.3, -0.25) is 14.5 Å². The van der Waals surface area contributed by atoms with Crippen molar-refractivity contribution in [3.63, 3.8) is 0 Å². The Bertz CT molecular complexity index is 838. The molecule has 0 spiro atoms. The SMILES string of the molecule is CCCCOC(=O)CN1C(=O)N[C@@](Cc2ccccc2)(c2ccccc2)C1=O. The molecule has 0 radical (unpaired) electrons. The molecule has 2 aromatic rings. The third-order valence-electron chi connectivity index (χ3n) is 4.80. The summed E-state index contributed by atoms with van der Waals surface area (Å²) >= 11 is 0. The monoisotopic (exact) mass is 380 g/mol. The molecular weight excluding hydrogens is 356 g/mol. The van der Waals surface area contributed by atoms with Crippen molar-refractivity contribution >= 4 is 17.9 Å². The van der Waals surface area contributed by atoms with Gasteiger partial charge in [0, 0.05) is 6.42 Å². The lowest BCUT2D eigenvalue weighted by Crippen LogP contribution is -2.46. The number of hydrogen-bond donors (Lipinski definition) is 1. The van der Waals surface area contributed by atoms with Crippen LogP contribution in [0.15, 0.2) is 60.7 Å². The van der Waals surface area contributed by atoms with Crippen molar-refractivity contribution < 1.29 is 19.1 Å². The normalized spacial score (nSPS) is 18.8. The molecule has 0 bridgehead atoms. The van der Waals surface area contributed by atoms with E-state index in [9.17, 15) is 14.4 Å². The van der Waals surface area contributed by atoms with Crippen LogP contribution in [0, 0.1) is 0 Å². The number of carbonyl (C=O) groups excluding carboxylic acids is 3. The first-order valence-corrected chi connectivity index (χ1v) is 9.46. The molecule has 1 saturated heterocycles. The van der Waals surface area contributed by atoms with Gasteiger partial charge in [-0.2, -0.15) is 0 Å². The number of nitrogens with zero attached hydrogens (tertiary/aromatic N) is 1. The summed E-state index contributed by atoms with van der Waals surface area (Å²) in [7, 11) is 0. The van der Waals surface area contributed by atoms with Gasteiger partial charge in [-0.1, -0.05) is 74.0 Å². The molecule has 0 saturated carbocycles. The summed E-state index contributed by atoms with van der Waals surface area (Å²) < 4.78 is 5.12. The molecule has 3 rings (SSSR count). The van der Waals surface area contributed by atoms with Crippen LogP contribution in [-0.4, -0.2) is 36.0 Å². The average Bonchev–Trinajstić information content (AvgIpc) is 2.95. The number of unbranched alkanes of at least 4 members (excludes halogenated alkanes) is 1.